The first-order valence-corrected chi connectivity index (χ1v) is 7.51. The first kappa shape index (κ1) is 15.0. The summed E-state index contributed by atoms with van der Waals surface area (Å²) >= 11 is 0. The molecule has 3 nitrogen and oxygen atoms in total. The molecule has 0 bridgehead atoms. The Labute approximate surface area is 121 Å². The number of amides is 1. The Bertz CT molecular complexity index is 430. The number of hydrogen-bond donors (Lipinski definition) is 0. The highest BCUT2D eigenvalue weighted by atomic mass is 16.5. The van der Waals surface area contributed by atoms with Crippen molar-refractivity contribution in [3.8, 4) is 0 Å². The fraction of sp³-hybridized carbons (Fsp3) is 0.588. The molecule has 1 aromatic carbocycles. The molecule has 1 aliphatic heterocycles. The van der Waals surface area contributed by atoms with Crippen molar-refractivity contribution in [3.05, 3.63) is 35.9 Å². The number of carbonyl (C=O) groups excluding carboxylic acids is 1. The van der Waals surface area contributed by atoms with Crippen LogP contribution in [0.25, 0.3) is 0 Å². The summed E-state index contributed by atoms with van der Waals surface area (Å²) in [6, 6.07) is 10.3. The van der Waals surface area contributed by atoms with Crippen molar-refractivity contribution in [1.82, 2.24) is 4.90 Å². The van der Waals surface area contributed by atoms with Crippen molar-refractivity contribution in [1.29, 1.82) is 0 Å². The molecular weight excluding hydrogens is 250 g/mol. The zero-order valence-electron chi connectivity index (χ0n) is 12.7. The van der Waals surface area contributed by atoms with Crippen LogP contribution in [0.3, 0.4) is 0 Å². The second-order valence-corrected chi connectivity index (χ2v) is 6.16. The Morgan fingerprint density at radius 3 is 2.65 bits per heavy atom. The van der Waals surface area contributed by atoms with Gasteiger partial charge in [-0.25, -0.2) is 0 Å². The summed E-state index contributed by atoms with van der Waals surface area (Å²) < 4.78 is 5.98. The molecule has 0 spiro atoms. The predicted molar refractivity (Wildman–Crippen MR) is 80.5 cm³/mol. The maximum Gasteiger partial charge on any atom is 0.223 e. The van der Waals surface area contributed by atoms with Gasteiger partial charge in [-0.05, 0) is 18.4 Å². The lowest BCUT2D eigenvalue weighted by Crippen LogP contribution is -2.50. The van der Waals surface area contributed by atoms with Gasteiger partial charge in [0.25, 0.3) is 0 Å². The molecule has 0 radical (unpaired) electrons. The Kier molecular flexibility index (Phi) is 5.18. The summed E-state index contributed by atoms with van der Waals surface area (Å²) in [5, 5.41) is 0. The summed E-state index contributed by atoms with van der Waals surface area (Å²) in [5.74, 6) is 0.668. The lowest BCUT2D eigenvalue weighted by Gasteiger charge is -2.37. The van der Waals surface area contributed by atoms with Crippen LogP contribution >= 0.6 is 0 Å². The van der Waals surface area contributed by atoms with Gasteiger partial charge < -0.3 is 9.64 Å². The molecule has 1 aromatic rings. The molecule has 1 saturated heterocycles. The molecule has 2 atom stereocenters. The van der Waals surface area contributed by atoms with Crippen molar-refractivity contribution in [2.24, 2.45) is 5.92 Å². The van der Waals surface area contributed by atoms with Crippen molar-refractivity contribution in [2.75, 3.05) is 13.1 Å². The minimum absolute atomic E-state index is 0.109. The molecule has 0 N–H and O–H groups in total. The van der Waals surface area contributed by atoms with E-state index < -0.39 is 0 Å². The molecule has 20 heavy (non-hydrogen) atoms. The zero-order chi connectivity index (χ0) is 14.5. The molecule has 2 unspecified atom stereocenters. The summed E-state index contributed by atoms with van der Waals surface area (Å²) in [4.78, 5) is 14.2. The predicted octanol–water partition coefficient (Wildman–Crippen LogP) is 2.89. The Hall–Kier alpha value is -1.35. The van der Waals surface area contributed by atoms with Crippen LogP contribution in [0.15, 0.2) is 30.3 Å². The third-order valence-corrected chi connectivity index (χ3v) is 3.57. The Morgan fingerprint density at radius 1 is 1.30 bits per heavy atom. The summed E-state index contributed by atoms with van der Waals surface area (Å²) in [6.07, 6.45) is 1.73. The van der Waals surface area contributed by atoms with Gasteiger partial charge in [0.15, 0.2) is 0 Å². The van der Waals surface area contributed by atoms with E-state index in [4.69, 9.17) is 4.74 Å². The van der Waals surface area contributed by atoms with E-state index in [9.17, 15) is 4.79 Å². The van der Waals surface area contributed by atoms with E-state index in [1.807, 2.05) is 30.0 Å². The van der Waals surface area contributed by atoms with Crippen molar-refractivity contribution in [3.63, 3.8) is 0 Å². The number of rotatable bonds is 4. The van der Waals surface area contributed by atoms with E-state index >= 15 is 0 Å². The largest absolute Gasteiger partial charge is 0.371 e. The van der Waals surface area contributed by atoms with Gasteiger partial charge in [0.05, 0.1) is 12.2 Å². The van der Waals surface area contributed by atoms with Gasteiger partial charge in [0.2, 0.25) is 5.91 Å². The maximum absolute atomic E-state index is 12.2. The second kappa shape index (κ2) is 6.89. The maximum atomic E-state index is 12.2. The first-order valence-electron chi connectivity index (χ1n) is 7.51. The third-order valence-electron chi connectivity index (χ3n) is 3.57. The van der Waals surface area contributed by atoms with Crippen molar-refractivity contribution in [2.45, 2.75) is 45.8 Å². The number of hydrogen-bond acceptors (Lipinski definition) is 2. The van der Waals surface area contributed by atoms with Gasteiger partial charge in [-0.1, -0.05) is 44.2 Å². The van der Waals surface area contributed by atoms with Crippen LogP contribution < -0.4 is 0 Å². The molecule has 1 fully saturated rings. The third kappa shape index (κ3) is 4.34. The lowest BCUT2D eigenvalue weighted by molar-refractivity contribution is -0.145. The van der Waals surface area contributed by atoms with E-state index in [2.05, 4.69) is 26.0 Å². The highest BCUT2D eigenvalue weighted by molar-refractivity contribution is 5.76. The second-order valence-electron chi connectivity index (χ2n) is 6.16. The quantitative estimate of drug-likeness (QED) is 0.845. The monoisotopic (exact) mass is 275 g/mol. The Morgan fingerprint density at radius 2 is 2.00 bits per heavy atom. The van der Waals surface area contributed by atoms with Gasteiger partial charge >= 0.3 is 0 Å². The van der Waals surface area contributed by atoms with E-state index in [0.29, 0.717) is 18.9 Å². The highest BCUT2D eigenvalue weighted by Crippen LogP contribution is 2.17. The summed E-state index contributed by atoms with van der Waals surface area (Å²) in [5.41, 5.74) is 1.27. The average Bonchev–Trinajstić information content (AvgIpc) is 2.38. The van der Waals surface area contributed by atoms with Crippen LogP contribution in [0.1, 0.15) is 32.8 Å². The van der Waals surface area contributed by atoms with Crippen LogP contribution in [0, 0.1) is 5.92 Å². The molecule has 0 aromatic heterocycles. The van der Waals surface area contributed by atoms with E-state index in [1.165, 1.54) is 5.56 Å². The van der Waals surface area contributed by atoms with E-state index in [1.54, 1.807) is 0 Å². The zero-order valence-corrected chi connectivity index (χ0v) is 12.7. The van der Waals surface area contributed by atoms with E-state index in [-0.39, 0.29) is 18.1 Å². The van der Waals surface area contributed by atoms with Gasteiger partial charge in [-0.15, -0.1) is 0 Å². The standard InChI is InChI=1S/C17H25NO2/c1-13(2)9-17(19)18-11-14(3)20-16(12-18)10-15-7-5-4-6-8-15/h4-8,13-14,16H,9-12H2,1-3H3. The molecule has 2 rings (SSSR count). The SMILES string of the molecule is CC(C)CC(=O)N1CC(C)OC(Cc2ccccc2)C1. The van der Waals surface area contributed by atoms with Gasteiger partial charge in [-0.2, -0.15) is 0 Å². The minimum Gasteiger partial charge on any atom is -0.371 e. The van der Waals surface area contributed by atoms with Crippen LogP contribution in [0.2, 0.25) is 0 Å². The van der Waals surface area contributed by atoms with Crippen molar-refractivity contribution >= 4 is 5.91 Å². The number of morpholine rings is 1. The number of carbonyl (C=O) groups is 1. The molecular formula is C17H25NO2. The minimum atomic E-state index is 0.109. The number of nitrogens with zero attached hydrogens (tertiary/aromatic N) is 1. The van der Waals surface area contributed by atoms with Gasteiger partial charge in [0, 0.05) is 25.9 Å². The lowest BCUT2D eigenvalue weighted by atomic mass is 10.0. The first-order chi connectivity index (χ1) is 9.54. The average molecular weight is 275 g/mol. The van der Waals surface area contributed by atoms with Crippen LogP contribution in [0.4, 0.5) is 0 Å². The molecule has 1 aliphatic rings. The normalized spacial score (nSPS) is 23.1. The fourth-order valence-electron chi connectivity index (χ4n) is 2.72. The molecule has 3 heteroatoms. The number of ether oxygens (including phenoxy) is 1. The topological polar surface area (TPSA) is 29.5 Å². The fourth-order valence-corrected chi connectivity index (χ4v) is 2.72. The molecule has 0 saturated carbocycles. The Balaban J connectivity index is 1.96. The molecule has 1 heterocycles. The highest BCUT2D eigenvalue weighted by Gasteiger charge is 2.28. The van der Waals surface area contributed by atoms with Crippen molar-refractivity contribution < 1.29 is 9.53 Å². The van der Waals surface area contributed by atoms with Crippen LogP contribution in [-0.2, 0) is 16.0 Å². The summed E-state index contributed by atoms with van der Waals surface area (Å²) in [7, 11) is 0. The van der Waals surface area contributed by atoms with Gasteiger partial charge in [-0.3, -0.25) is 4.79 Å². The molecule has 110 valence electrons. The van der Waals surface area contributed by atoms with Crippen LogP contribution in [0.5, 0.6) is 0 Å². The van der Waals surface area contributed by atoms with Gasteiger partial charge in [0.1, 0.15) is 0 Å². The smallest absolute Gasteiger partial charge is 0.223 e. The van der Waals surface area contributed by atoms with Crippen LogP contribution in [-0.4, -0.2) is 36.1 Å². The summed E-state index contributed by atoms with van der Waals surface area (Å²) in [6.45, 7) is 7.65. The molecule has 0 aliphatic carbocycles. The molecule has 1 amide bonds. The number of benzene rings is 1. The van der Waals surface area contributed by atoms with E-state index in [0.717, 1.165) is 13.0 Å².